The third-order valence-electron chi connectivity index (χ3n) is 2.97. The minimum atomic E-state index is -0.115. The largest absolute Gasteiger partial charge is 0.384 e. The Morgan fingerprint density at radius 3 is 2.30 bits per heavy atom. The summed E-state index contributed by atoms with van der Waals surface area (Å²) in [7, 11) is 0. The van der Waals surface area contributed by atoms with Crippen LogP contribution in [0, 0.1) is 0 Å². The number of anilines is 3. The van der Waals surface area contributed by atoms with Crippen LogP contribution in [-0.4, -0.2) is 18.4 Å². The minimum Gasteiger partial charge on any atom is -0.384 e. The zero-order valence-corrected chi connectivity index (χ0v) is 14.3. The van der Waals surface area contributed by atoms with Crippen molar-refractivity contribution in [2.24, 2.45) is 0 Å². The van der Waals surface area contributed by atoms with Gasteiger partial charge in [-0.2, -0.15) is 0 Å². The first kappa shape index (κ1) is 17.0. The summed E-state index contributed by atoms with van der Waals surface area (Å²) in [5, 5.41) is 8.73. The minimum absolute atomic E-state index is 0.0615. The Morgan fingerprint density at radius 1 is 0.957 bits per heavy atom. The molecule has 0 saturated carbocycles. The maximum atomic E-state index is 11.9. The van der Waals surface area contributed by atoms with Crippen molar-refractivity contribution < 1.29 is 9.59 Å². The molecule has 0 aliphatic rings. The van der Waals surface area contributed by atoms with E-state index in [1.54, 1.807) is 0 Å². The average molecular weight is 376 g/mol. The van der Waals surface area contributed by atoms with Crippen molar-refractivity contribution in [1.29, 1.82) is 0 Å². The van der Waals surface area contributed by atoms with Gasteiger partial charge in [0.2, 0.25) is 11.8 Å². The van der Waals surface area contributed by atoms with Gasteiger partial charge in [-0.25, -0.2) is 0 Å². The van der Waals surface area contributed by atoms with Crippen molar-refractivity contribution in [2.75, 3.05) is 22.5 Å². The molecule has 2 rings (SSSR count). The SMILES string of the molecule is CC(=O)Nc1cccc(NCCC(=O)Nc2cccc(Br)c2)c1. The number of halogens is 1. The second-order valence-electron chi connectivity index (χ2n) is 5.00. The molecule has 0 radical (unpaired) electrons. The Bertz CT molecular complexity index is 704. The van der Waals surface area contributed by atoms with E-state index in [0.717, 1.165) is 21.5 Å². The van der Waals surface area contributed by atoms with Crippen LogP contribution in [0.5, 0.6) is 0 Å². The van der Waals surface area contributed by atoms with Gasteiger partial charge in [0.05, 0.1) is 0 Å². The monoisotopic (exact) mass is 375 g/mol. The van der Waals surface area contributed by atoms with E-state index in [2.05, 4.69) is 31.9 Å². The topological polar surface area (TPSA) is 70.2 Å². The number of benzene rings is 2. The molecule has 0 unspecified atom stereocenters. The van der Waals surface area contributed by atoms with E-state index < -0.39 is 0 Å². The highest BCUT2D eigenvalue weighted by Gasteiger charge is 2.03. The van der Waals surface area contributed by atoms with Crippen LogP contribution >= 0.6 is 15.9 Å². The molecule has 0 aliphatic heterocycles. The van der Waals surface area contributed by atoms with Crippen LogP contribution in [0.2, 0.25) is 0 Å². The van der Waals surface area contributed by atoms with Gasteiger partial charge in [-0.05, 0) is 36.4 Å². The lowest BCUT2D eigenvalue weighted by molar-refractivity contribution is -0.116. The lowest BCUT2D eigenvalue weighted by atomic mass is 10.2. The van der Waals surface area contributed by atoms with Crippen molar-refractivity contribution >= 4 is 44.8 Å². The number of hydrogen-bond donors (Lipinski definition) is 3. The maximum Gasteiger partial charge on any atom is 0.226 e. The molecule has 0 aromatic heterocycles. The summed E-state index contributed by atoms with van der Waals surface area (Å²) < 4.78 is 0.920. The van der Waals surface area contributed by atoms with Crippen molar-refractivity contribution in [3.63, 3.8) is 0 Å². The van der Waals surface area contributed by atoms with Gasteiger partial charge in [0.15, 0.2) is 0 Å². The number of amides is 2. The summed E-state index contributed by atoms with van der Waals surface area (Å²) in [6.45, 7) is 1.97. The molecule has 2 aromatic carbocycles. The molecule has 0 heterocycles. The molecular formula is C17H18BrN3O2. The van der Waals surface area contributed by atoms with Crippen LogP contribution in [-0.2, 0) is 9.59 Å². The van der Waals surface area contributed by atoms with Crippen LogP contribution in [0.4, 0.5) is 17.1 Å². The molecule has 6 heteroatoms. The van der Waals surface area contributed by atoms with Crippen molar-refractivity contribution in [1.82, 2.24) is 0 Å². The summed E-state index contributed by atoms with van der Waals surface area (Å²) >= 11 is 3.37. The third kappa shape index (κ3) is 6.12. The van der Waals surface area contributed by atoms with E-state index in [1.807, 2.05) is 48.5 Å². The third-order valence-corrected chi connectivity index (χ3v) is 3.47. The zero-order valence-electron chi connectivity index (χ0n) is 12.7. The van der Waals surface area contributed by atoms with Gasteiger partial charge in [0.25, 0.3) is 0 Å². The highest BCUT2D eigenvalue weighted by atomic mass is 79.9. The summed E-state index contributed by atoms with van der Waals surface area (Å²) in [5.74, 6) is -0.177. The van der Waals surface area contributed by atoms with Gasteiger partial charge in [-0.15, -0.1) is 0 Å². The number of hydrogen-bond acceptors (Lipinski definition) is 3. The molecule has 0 aliphatic carbocycles. The predicted octanol–water partition coefficient (Wildman–Crippen LogP) is 3.85. The standard InChI is InChI=1S/C17H18BrN3O2/c1-12(22)20-16-7-3-5-14(11-16)19-9-8-17(23)21-15-6-2-4-13(18)10-15/h2-7,10-11,19H,8-9H2,1H3,(H,20,22)(H,21,23). The summed E-state index contributed by atoms with van der Waals surface area (Å²) in [6.07, 6.45) is 0.344. The van der Waals surface area contributed by atoms with Crippen molar-refractivity contribution in [2.45, 2.75) is 13.3 Å². The number of carbonyl (C=O) groups is 2. The Kier molecular flexibility index (Phi) is 6.17. The van der Waals surface area contributed by atoms with Gasteiger partial charge in [-0.3, -0.25) is 9.59 Å². The molecule has 5 nitrogen and oxygen atoms in total. The summed E-state index contributed by atoms with van der Waals surface area (Å²) in [5.41, 5.74) is 2.34. The van der Waals surface area contributed by atoms with E-state index >= 15 is 0 Å². The molecule has 0 fully saturated rings. The second-order valence-corrected chi connectivity index (χ2v) is 5.91. The Labute approximate surface area is 143 Å². The van der Waals surface area contributed by atoms with Crippen LogP contribution in [0.3, 0.4) is 0 Å². The Balaban J connectivity index is 1.80. The van der Waals surface area contributed by atoms with Gasteiger partial charge in [0.1, 0.15) is 0 Å². The maximum absolute atomic E-state index is 11.9. The van der Waals surface area contributed by atoms with E-state index in [1.165, 1.54) is 6.92 Å². The van der Waals surface area contributed by atoms with Gasteiger partial charge < -0.3 is 16.0 Å². The number of nitrogens with one attached hydrogen (secondary N) is 3. The van der Waals surface area contributed by atoms with Crippen LogP contribution in [0.25, 0.3) is 0 Å². The Hall–Kier alpha value is -2.34. The first-order chi connectivity index (χ1) is 11.0. The molecule has 120 valence electrons. The van der Waals surface area contributed by atoms with Crippen LogP contribution in [0.1, 0.15) is 13.3 Å². The first-order valence-corrected chi connectivity index (χ1v) is 7.99. The van der Waals surface area contributed by atoms with Gasteiger partial charge in [0, 0.05) is 41.4 Å². The lowest BCUT2D eigenvalue weighted by Gasteiger charge is -2.09. The fourth-order valence-corrected chi connectivity index (χ4v) is 2.42. The highest BCUT2D eigenvalue weighted by molar-refractivity contribution is 9.10. The van der Waals surface area contributed by atoms with E-state index in [4.69, 9.17) is 0 Å². The fraction of sp³-hybridized carbons (Fsp3) is 0.176. The molecule has 0 bridgehead atoms. The van der Waals surface area contributed by atoms with Gasteiger partial charge >= 0.3 is 0 Å². The van der Waals surface area contributed by atoms with Gasteiger partial charge in [-0.1, -0.05) is 28.1 Å². The van der Waals surface area contributed by atoms with E-state index in [-0.39, 0.29) is 11.8 Å². The molecule has 2 aromatic rings. The van der Waals surface area contributed by atoms with Crippen molar-refractivity contribution in [3.8, 4) is 0 Å². The molecule has 2 amide bonds. The normalized spacial score (nSPS) is 10.0. The molecule has 3 N–H and O–H groups in total. The average Bonchev–Trinajstić information content (AvgIpc) is 2.47. The second kappa shape index (κ2) is 8.33. The summed E-state index contributed by atoms with van der Waals surface area (Å²) in [4.78, 5) is 22.9. The van der Waals surface area contributed by atoms with E-state index in [0.29, 0.717) is 13.0 Å². The predicted molar refractivity (Wildman–Crippen MR) is 96.6 cm³/mol. The fourth-order valence-electron chi connectivity index (χ4n) is 2.02. The molecule has 0 atom stereocenters. The molecule has 23 heavy (non-hydrogen) atoms. The highest BCUT2D eigenvalue weighted by Crippen LogP contribution is 2.16. The summed E-state index contributed by atoms with van der Waals surface area (Å²) in [6, 6.07) is 14.8. The number of carbonyl (C=O) groups excluding carboxylic acids is 2. The molecule has 0 spiro atoms. The Morgan fingerprint density at radius 2 is 1.61 bits per heavy atom. The lowest BCUT2D eigenvalue weighted by Crippen LogP contribution is -2.16. The van der Waals surface area contributed by atoms with Crippen LogP contribution in [0.15, 0.2) is 53.0 Å². The zero-order chi connectivity index (χ0) is 16.7. The molecule has 0 saturated heterocycles. The molecular weight excluding hydrogens is 358 g/mol. The van der Waals surface area contributed by atoms with Crippen molar-refractivity contribution in [3.05, 3.63) is 53.0 Å². The van der Waals surface area contributed by atoms with Crippen LogP contribution < -0.4 is 16.0 Å². The number of rotatable bonds is 6. The quantitative estimate of drug-likeness (QED) is 0.717. The van der Waals surface area contributed by atoms with E-state index in [9.17, 15) is 9.59 Å². The smallest absolute Gasteiger partial charge is 0.226 e. The first-order valence-electron chi connectivity index (χ1n) is 7.20.